The zero-order chi connectivity index (χ0) is 15.2. The number of nitrogens with two attached hydrogens (primary N) is 1. The van der Waals surface area contributed by atoms with E-state index in [1.165, 1.54) is 10.9 Å². The van der Waals surface area contributed by atoms with Crippen molar-refractivity contribution in [2.45, 2.75) is 13.3 Å². The van der Waals surface area contributed by atoms with Gasteiger partial charge in [0, 0.05) is 12.2 Å². The number of aromatic nitrogens is 2. The number of nitrogens with one attached hydrogen (secondary N) is 2. The Hall–Kier alpha value is -3.01. The largest absolute Gasteiger partial charge is 0.382 e. The van der Waals surface area contributed by atoms with Crippen molar-refractivity contribution in [1.29, 1.82) is 5.26 Å². The van der Waals surface area contributed by atoms with Crippen molar-refractivity contribution >= 4 is 17.5 Å². The van der Waals surface area contributed by atoms with Crippen LogP contribution in [0.25, 0.3) is 5.69 Å². The van der Waals surface area contributed by atoms with Crippen LogP contribution in [-0.2, 0) is 0 Å². The van der Waals surface area contributed by atoms with Crippen LogP contribution >= 0.6 is 0 Å². The molecular weight excluding hydrogens is 268 g/mol. The van der Waals surface area contributed by atoms with Gasteiger partial charge in [0.1, 0.15) is 17.5 Å². The molecule has 7 nitrogen and oxygen atoms in total. The van der Waals surface area contributed by atoms with Crippen molar-refractivity contribution in [3.63, 3.8) is 0 Å². The van der Waals surface area contributed by atoms with Crippen molar-refractivity contribution < 1.29 is 4.79 Å². The van der Waals surface area contributed by atoms with Gasteiger partial charge in [0.05, 0.1) is 11.9 Å². The first kappa shape index (κ1) is 14.4. The molecule has 0 saturated carbocycles. The fourth-order valence-electron chi connectivity index (χ4n) is 1.75. The molecule has 0 bridgehead atoms. The monoisotopic (exact) mass is 284 g/mol. The van der Waals surface area contributed by atoms with Crippen molar-refractivity contribution in [2.75, 3.05) is 17.6 Å². The lowest BCUT2D eigenvalue weighted by Crippen LogP contribution is -2.29. The van der Waals surface area contributed by atoms with Gasteiger partial charge >= 0.3 is 6.03 Å². The highest BCUT2D eigenvalue weighted by molar-refractivity contribution is 5.89. The molecule has 0 spiro atoms. The third-order valence-corrected chi connectivity index (χ3v) is 2.83. The summed E-state index contributed by atoms with van der Waals surface area (Å²) in [6.45, 7) is 2.61. The zero-order valence-corrected chi connectivity index (χ0v) is 11.6. The number of hydrogen-bond acceptors (Lipinski definition) is 4. The summed E-state index contributed by atoms with van der Waals surface area (Å²) in [5.41, 5.74) is 7.53. The summed E-state index contributed by atoms with van der Waals surface area (Å²) in [6.07, 6.45) is 2.30. The Kier molecular flexibility index (Phi) is 4.41. The molecule has 1 aromatic carbocycles. The topological polar surface area (TPSA) is 109 Å². The summed E-state index contributed by atoms with van der Waals surface area (Å²) in [5.74, 6) is 0.291. The molecule has 0 unspecified atom stereocenters. The van der Waals surface area contributed by atoms with Crippen molar-refractivity contribution in [1.82, 2.24) is 15.1 Å². The van der Waals surface area contributed by atoms with Crippen LogP contribution in [0.1, 0.15) is 18.9 Å². The molecule has 0 aliphatic carbocycles. The Labute approximate surface area is 122 Å². The maximum atomic E-state index is 11.5. The Balaban J connectivity index is 2.10. The highest BCUT2D eigenvalue weighted by Gasteiger charge is 2.08. The number of benzene rings is 1. The van der Waals surface area contributed by atoms with E-state index in [-0.39, 0.29) is 6.03 Å². The minimum Gasteiger partial charge on any atom is -0.382 e. The van der Waals surface area contributed by atoms with E-state index in [2.05, 4.69) is 15.7 Å². The van der Waals surface area contributed by atoms with Crippen LogP contribution in [0.4, 0.5) is 16.3 Å². The minimum atomic E-state index is -0.241. The maximum Gasteiger partial charge on any atom is 0.319 e. The van der Waals surface area contributed by atoms with Crippen molar-refractivity contribution in [3.8, 4) is 11.8 Å². The van der Waals surface area contributed by atoms with Crippen molar-refractivity contribution in [3.05, 3.63) is 36.0 Å². The number of carbonyl (C=O) groups is 1. The molecule has 4 N–H and O–H groups in total. The minimum absolute atomic E-state index is 0.241. The molecule has 0 atom stereocenters. The SMILES string of the molecule is CCCNC(=O)Nc1ccc(-n2ncc(C#N)c2N)cc1. The normalized spacial score (nSPS) is 9.90. The summed E-state index contributed by atoms with van der Waals surface area (Å²) >= 11 is 0. The van der Waals surface area contributed by atoms with E-state index in [4.69, 9.17) is 11.0 Å². The number of rotatable bonds is 4. The molecule has 21 heavy (non-hydrogen) atoms. The summed E-state index contributed by atoms with van der Waals surface area (Å²) in [6, 6.07) is 8.74. The first-order valence-electron chi connectivity index (χ1n) is 6.54. The third kappa shape index (κ3) is 3.30. The molecule has 7 heteroatoms. The Morgan fingerprint density at radius 3 is 2.71 bits per heavy atom. The van der Waals surface area contributed by atoms with Gasteiger partial charge in [-0.2, -0.15) is 10.4 Å². The molecule has 2 rings (SSSR count). The van der Waals surface area contributed by atoms with E-state index in [0.717, 1.165) is 6.42 Å². The van der Waals surface area contributed by atoms with Gasteiger partial charge in [-0.25, -0.2) is 9.48 Å². The standard InChI is InChI=1S/C14H16N6O/c1-2-7-17-14(21)19-11-3-5-12(6-4-11)20-13(16)10(8-15)9-18-20/h3-6,9H,2,7,16H2,1H3,(H2,17,19,21). The molecule has 0 fully saturated rings. The molecule has 2 amide bonds. The van der Waals surface area contributed by atoms with Gasteiger partial charge in [-0.1, -0.05) is 6.92 Å². The van der Waals surface area contributed by atoms with E-state index >= 15 is 0 Å². The Bertz CT molecular complexity index is 668. The number of hydrogen-bond donors (Lipinski definition) is 3. The van der Waals surface area contributed by atoms with Gasteiger partial charge in [-0.05, 0) is 30.7 Å². The maximum absolute atomic E-state index is 11.5. The average molecular weight is 284 g/mol. The number of nitriles is 1. The quantitative estimate of drug-likeness (QED) is 0.796. The smallest absolute Gasteiger partial charge is 0.319 e. The molecule has 0 saturated heterocycles. The number of nitrogens with zero attached hydrogens (tertiary/aromatic N) is 3. The fourth-order valence-corrected chi connectivity index (χ4v) is 1.75. The molecule has 2 aromatic rings. The predicted octanol–water partition coefficient (Wildman–Crippen LogP) is 1.86. The summed E-state index contributed by atoms with van der Waals surface area (Å²) in [7, 11) is 0. The van der Waals surface area contributed by atoms with Crippen LogP contribution in [0.15, 0.2) is 30.5 Å². The summed E-state index contributed by atoms with van der Waals surface area (Å²) in [5, 5.41) is 18.4. The molecule has 0 radical (unpaired) electrons. The van der Waals surface area contributed by atoms with Gasteiger partial charge < -0.3 is 16.4 Å². The third-order valence-electron chi connectivity index (χ3n) is 2.83. The number of carbonyl (C=O) groups excluding carboxylic acids is 1. The molecule has 1 aromatic heterocycles. The molecular formula is C14H16N6O. The lowest BCUT2D eigenvalue weighted by Gasteiger charge is -2.08. The van der Waals surface area contributed by atoms with Crippen LogP contribution in [0.2, 0.25) is 0 Å². The highest BCUT2D eigenvalue weighted by atomic mass is 16.2. The van der Waals surface area contributed by atoms with Crippen LogP contribution in [-0.4, -0.2) is 22.4 Å². The fraction of sp³-hybridized carbons (Fsp3) is 0.214. The molecule has 0 aliphatic heterocycles. The second-order valence-electron chi connectivity index (χ2n) is 4.39. The molecule has 1 heterocycles. The van der Waals surface area contributed by atoms with Crippen molar-refractivity contribution in [2.24, 2.45) is 0 Å². The number of nitrogen functional groups attached to an aromatic ring is 1. The lowest BCUT2D eigenvalue weighted by molar-refractivity contribution is 0.252. The molecule has 0 aliphatic rings. The van der Waals surface area contributed by atoms with E-state index in [1.807, 2.05) is 13.0 Å². The zero-order valence-electron chi connectivity index (χ0n) is 11.6. The second-order valence-corrected chi connectivity index (χ2v) is 4.39. The Morgan fingerprint density at radius 1 is 1.43 bits per heavy atom. The van der Waals surface area contributed by atoms with Crippen LogP contribution in [0, 0.1) is 11.3 Å². The number of anilines is 2. The first-order chi connectivity index (χ1) is 10.2. The second kappa shape index (κ2) is 6.43. The van der Waals surface area contributed by atoms with Gasteiger partial charge in [0.25, 0.3) is 0 Å². The van der Waals surface area contributed by atoms with E-state index in [0.29, 0.717) is 29.3 Å². The van der Waals surface area contributed by atoms with Gasteiger partial charge in [0.15, 0.2) is 0 Å². The van der Waals surface area contributed by atoms with Crippen LogP contribution < -0.4 is 16.4 Å². The van der Waals surface area contributed by atoms with Gasteiger partial charge in [-0.15, -0.1) is 0 Å². The molecule has 108 valence electrons. The lowest BCUT2D eigenvalue weighted by atomic mass is 10.2. The van der Waals surface area contributed by atoms with E-state index in [9.17, 15) is 4.79 Å². The predicted molar refractivity (Wildman–Crippen MR) is 80.0 cm³/mol. The number of amides is 2. The summed E-state index contributed by atoms with van der Waals surface area (Å²) in [4.78, 5) is 11.5. The number of urea groups is 1. The highest BCUT2D eigenvalue weighted by Crippen LogP contribution is 2.18. The average Bonchev–Trinajstić information content (AvgIpc) is 2.87. The van der Waals surface area contributed by atoms with Crippen LogP contribution in [0.5, 0.6) is 0 Å². The van der Waals surface area contributed by atoms with E-state index < -0.39 is 0 Å². The summed E-state index contributed by atoms with van der Waals surface area (Å²) < 4.78 is 1.47. The first-order valence-corrected chi connectivity index (χ1v) is 6.54. The Morgan fingerprint density at radius 2 is 2.14 bits per heavy atom. The van der Waals surface area contributed by atoms with Gasteiger partial charge in [0.2, 0.25) is 0 Å². The van der Waals surface area contributed by atoms with Crippen LogP contribution in [0.3, 0.4) is 0 Å². The van der Waals surface area contributed by atoms with Gasteiger partial charge in [-0.3, -0.25) is 0 Å². The van der Waals surface area contributed by atoms with E-state index in [1.54, 1.807) is 24.3 Å².